The molecule has 0 aliphatic carbocycles. The molecule has 0 fully saturated rings. The van der Waals surface area contributed by atoms with Gasteiger partial charge in [0.15, 0.2) is 23.0 Å². The molecule has 0 saturated carbocycles. The average molecular weight is 300 g/mol. The third kappa shape index (κ3) is 3.08. The standard InChI is InChI=1S/C15H16N4O3/c1-9(2)16-15(20)11-4-6-14(19-18-11)17-10-3-5-12-13(7-10)22-8-21-12/h3-7,9H,8H2,1-2H3,(H,16,20)(H,17,19). The monoisotopic (exact) mass is 300 g/mol. The van der Waals surface area contributed by atoms with E-state index in [0.717, 1.165) is 11.4 Å². The number of amides is 1. The van der Waals surface area contributed by atoms with Crippen LogP contribution in [0.25, 0.3) is 0 Å². The molecule has 1 aromatic carbocycles. The molecule has 1 amide bonds. The Bertz CT molecular complexity index is 686. The largest absolute Gasteiger partial charge is 0.454 e. The Hall–Kier alpha value is -2.83. The first-order valence-corrected chi connectivity index (χ1v) is 6.93. The number of hydrogen-bond acceptors (Lipinski definition) is 6. The highest BCUT2D eigenvalue weighted by Crippen LogP contribution is 2.34. The lowest BCUT2D eigenvalue weighted by Crippen LogP contribution is -2.30. The number of carbonyl (C=O) groups excluding carboxylic acids is 1. The Labute approximate surface area is 127 Å². The summed E-state index contributed by atoms with van der Waals surface area (Å²) in [5.74, 6) is 1.71. The Morgan fingerprint density at radius 1 is 1.14 bits per heavy atom. The van der Waals surface area contributed by atoms with E-state index in [1.54, 1.807) is 12.1 Å². The number of rotatable bonds is 4. The van der Waals surface area contributed by atoms with Gasteiger partial charge in [0.05, 0.1) is 0 Å². The van der Waals surface area contributed by atoms with E-state index < -0.39 is 0 Å². The minimum Gasteiger partial charge on any atom is -0.454 e. The molecule has 3 rings (SSSR count). The van der Waals surface area contributed by atoms with Crippen LogP contribution in [0.3, 0.4) is 0 Å². The van der Waals surface area contributed by atoms with Crippen molar-refractivity contribution in [1.82, 2.24) is 15.5 Å². The van der Waals surface area contributed by atoms with Gasteiger partial charge in [0, 0.05) is 17.8 Å². The van der Waals surface area contributed by atoms with Crippen LogP contribution in [-0.2, 0) is 0 Å². The normalized spacial score (nSPS) is 12.3. The predicted octanol–water partition coefficient (Wildman–Crippen LogP) is 2.09. The molecule has 0 saturated heterocycles. The van der Waals surface area contributed by atoms with Crippen LogP contribution in [0.15, 0.2) is 30.3 Å². The summed E-state index contributed by atoms with van der Waals surface area (Å²) >= 11 is 0. The molecule has 114 valence electrons. The van der Waals surface area contributed by atoms with Crippen molar-refractivity contribution < 1.29 is 14.3 Å². The summed E-state index contributed by atoms with van der Waals surface area (Å²) in [4.78, 5) is 11.8. The molecule has 2 aromatic rings. The zero-order valence-corrected chi connectivity index (χ0v) is 12.3. The van der Waals surface area contributed by atoms with Gasteiger partial charge in [-0.1, -0.05) is 0 Å². The highest BCUT2D eigenvalue weighted by Gasteiger charge is 2.14. The Morgan fingerprint density at radius 3 is 2.68 bits per heavy atom. The van der Waals surface area contributed by atoms with Gasteiger partial charge in [-0.3, -0.25) is 4.79 Å². The minimum absolute atomic E-state index is 0.0562. The first-order valence-electron chi connectivity index (χ1n) is 6.93. The fourth-order valence-corrected chi connectivity index (χ4v) is 1.98. The van der Waals surface area contributed by atoms with Gasteiger partial charge < -0.3 is 20.1 Å². The highest BCUT2D eigenvalue weighted by atomic mass is 16.7. The summed E-state index contributed by atoms with van der Waals surface area (Å²) in [6.07, 6.45) is 0. The van der Waals surface area contributed by atoms with Gasteiger partial charge in [0.1, 0.15) is 0 Å². The molecule has 0 atom stereocenters. The van der Waals surface area contributed by atoms with E-state index in [4.69, 9.17) is 9.47 Å². The summed E-state index contributed by atoms with van der Waals surface area (Å²) in [5, 5.41) is 13.8. The summed E-state index contributed by atoms with van der Waals surface area (Å²) in [6.45, 7) is 4.01. The second-order valence-electron chi connectivity index (χ2n) is 5.13. The van der Waals surface area contributed by atoms with Gasteiger partial charge in [-0.2, -0.15) is 0 Å². The summed E-state index contributed by atoms with van der Waals surface area (Å²) < 4.78 is 10.6. The predicted molar refractivity (Wildman–Crippen MR) is 80.5 cm³/mol. The zero-order chi connectivity index (χ0) is 15.5. The maximum absolute atomic E-state index is 11.8. The van der Waals surface area contributed by atoms with Gasteiger partial charge in [-0.25, -0.2) is 0 Å². The molecular weight excluding hydrogens is 284 g/mol. The molecule has 1 aromatic heterocycles. The Morgan fingerprint density at radius 2 is 1.95 bits per heavy atom. The minimum atomic E-state index is -0.239. The zero-order valence-electron chi connectivity index (χ0n) is 12.3. The van der Waals surface area contributed by atoms with Crippen molar-refractivity contribution in [2.75, 3.05) is 12.1 Å². The van der Waals surface area contributed by atoms with E-state index in [2.05, 4.69) is 20.8 Å². The lowest BCUT2D eigenvalue weighted by molar-refractivity contribution is 0.0937. The number of nitrogens with one attached hydrogen (secondary N) is 2. The van der Waals surface area contributed by atoms with E-state index in [1.165, 1.54) is 0 Å². The lowest BCUT2D eigenvalue weighted by Gasteiger charge is -2.08. The number of fused-ring (bicyclic) bond motifs is 1. The first kappa shape index (κ1) is 14.1. The fourth-order valence-electron chi connectivity index (χ4n) is 1.98. The van der Waals surface area contributed by atoms with Crippen LogP contribution in [0.4, 0.5) is 11.5 Å². The summed E-state index contributed by atoms with van der Waals surface area (Å²) in [7, 11) is 0. The smallest absolute Gasteiger partial charge is 0.271 e. The van der Waals surface area contributed by atoms with Crippen molar-refractivity contribution in [2.45, 2.75) is 19.9 Å². The van der Waals surface area contributed by atoms with E-state index in [9.17, 15) is 4.79 Å². The molecule has 0 unspecified atom stereocenters. The number of anilines is 2. The van der Waals surface area contributed by atoms with Crippen LogP contribution >= 0.6 is 0 Å². The fraction of sp³-hybridized carbons (Fsp3) is 0.267. The van der Waals surface area contributed by atoms with Crippen molar-refractivity contribution in [3.63, 3.8) is 0 Å². The molecule has 0 spiro atoms. The molecule has 22 heavy (non-hydrogen) atoms. The molecule has 1 aliphatic rings. The third-order valence-electron chi connectivity index (χ3n) is 2.96. The quantitative estimate of drug-likeness (QED) is 0.899. The van der Waals surface area contributed by atoms with E-state index >= 15 is 0 Å². The van der Waals surface area contributed by atoms with Crippen molar-refractivity contribution in [1.29, 1.82) is 0 Å². The van der Waals surface area contributed by atoms with Crippen molar-refractivity contribution in [3.8, 4) is 11.5 Å². The lowest BCUT2D eigenvalue weighted by atomic mass is 10.2. The van der Waals surface area contributed by atoms with Gasteiger partial charge in [-0.05, 0) is 38.1 Å². The summed E-state index contributed by atoms with van der Waals surface area (Å²) in [5.41, 5.74) is 1.09. The molecule has 0 radical (unpaired) electrons. The second kappa shape index (κ2) is 5.88. The maximum atomic E-state index is 11.8. The van der Waals surface area contributed by atoms with Crippen LogP contribution in [0.5, 0.6) is 11.5 Å². The van der Waals surface area contributed by atoms with E-state index in [1.807, 2.05) is 32.0 Å². The number of carbonyl (C=O) groups is 1. The highest BCUT2D eigenvalue weighted by molar-refractivity contribution is 5.92. The number of nitrogens with zero attached hydrogens (tertiary/aromatic N) is 2. The maximum Gasteiger partial charge on any atom is 0.271 e. The Kier molecular flexibility index (Phi) is 3.78. The molecule has 1 aliphatic heterocycles. The molecule has 7 heteroatoms. The van der Waals surface area contributed by atoms with Gasteiger partial charge in [0.2, 0.25) is 6.79 Å². The average Bonchev–Trinajstić information content (AvgIpc) is 2.95. The van der Waals surface area contributed by atoms with E-state index in [-0.39, 0.29) is 24.4 Å². The van der Waals surface area contributed by atoms with Crippen LogP contribution in [0, 0.1) is 0 Å². The summed E-state index contributed by atoms with van der Waals surface area (Å²) in [6, 6.07) is 8.88. The molecule has 2 heterocycles. The number of hydrogen-bond donors (Lipinski definition) is 2. The van der Waals surface area contributed by atoms with Crippen molar-refractivity contribution >= 4 is 17.4 Å². The van der Waals surface area contributed by atoms with Crippen molar-refractivity contribution in [2.24, 2.45) is 0 Å². The van der Waals surface area contributed by atoms with Crippen LogP contribution in [0.2, 0.25) is 0 Å². The molecule has 7 nitrogen and oxygen atoms in total. The molecule has 2 N–H and O–H groups in total. The number of benzene rings is 1. The van der Waals surface area contributed by atoms with Crippen LogP contribution in [-0.4, -0.2) is 28.9 Å². The van der Waals surface area contributed by atoms with Crippen LogP contribution < -0.4 is 20.1 Å². The van der Waals surface area contributed by atoms with Gasteiger partial charge in [-0.15, -0.1) is 10.2 Å². The Balaban J connectivity index is 1.70. The number of ether oxygens (including phenoxy) is 2. The molecular formula is C15H16N4O3. The van der Waals surface area contributed by atoms with Gasteiger partial charge >= 0.3 is 0 Å². The van der Waals surface area contributed by atoms with Crippen molar-refractivity contribution in [3.05, 3.63) is 36.0 Å². The third-order valence-corrected chi connectivity index (χ3v) is 2.96. The van der Waals surface area contributed by atoms with Crippen LogP contribution in [0.1, 0.15) is 24.3 Å². The topological polar surface area (TPSA) is 85.4 Å². The first-order chi connectivity index (χ1) is 10.6. The molecule has 0 bridgehead atoms. The van der Waals surface area contributed by atoms with E-state index in [0.29, 0.717) is 11.6 Å². The number of aromatic nitrogens is 2. The van der Waals surface area contributed by atoms with Gasteiger partial charge in [0.25, 0.3) is 5.91 Å². The SMILES string of the molecule is CC(C)NC(=O)c1ccc(Nc2ccc3c(c2)OCO3)nn1. The second-order valence-corrected chi connectivity index (χ2v) is 5.13.